The maximum atomic E-state index is 13.2. The number of rotatable bonds is 5. The molecule has 1 saturated heterocycles. The summed E-state index contributed by atoms with van der Waals surface area (Å²) < 4.78 is 41.0. The van der Waals surface area contributed by atoms with Crippen LogP contribution < -0.4 is 5.32 Å². The largest absolute Gasteiger partial charge is 0.435 e. The highest BCUT2D eigenvalue weighted by atomic mass is 19.4. The minimum Gasteiger partial charge on any atom is -0.354 e. The lowest BCUT2D eigenvalue weighted by Crippen LogP contribution is -2.44. The molecule has 0 bridgehead atoms. The zero-order chi connectivity index (χ0) is 19.6. The van der Waals surface area contributed by atoms with E-state index in [9.17, 15) is 18.0 Å². The summed E-state index contributed by atoms with van der Waals surface area (Å²) in [6.07, 6.45) is 0.230. The minimum atomic E-state index is -4.47. The Bertz CT molecular complexity index is 669. The Kier molecular flexibility index (Phi) is 6.13. The number of hydrogen-bond donors (Lipinski definition) is 1. The predicted octanol–water partition coefficient (Wildman–Crippen LogP) is 3.02. The fourth-order valence-corrected chi connectivity index (χ4v) is 4.21. The molecule has 0 radical (unpaired) electrons. The van der Waals surface area contributed by atoms with Gasteiger partial charge >= 0.3 is 6.18 Å². The average molecular weight is 386 g/mol. The summed E-state index contributed by atoms with van der Waals surface area (Å²) >= 11 is 0. The number of alkyl halides is 3. The molecule has 3 rings (SSSR count). The quantitative estimate of drug-likeness (QED) is 0.846. The fraction of sp³-hybridized carbons (Fsp3) is 0.789. The van der Waals surface area contributed by atoms with Gasteiger partial charge in [-0.3, -0.25) is 9.48 Å². The summed E-state index contributed by atoms with van der Waals surface area (Å²) in [7, 11) is 0. The topological polar surface area (TPSA) is 50.2 Å². The van der Waals surface area contributed by atoms with Crippen LogP contribution in [0.3, 0.4) is 0 Å². The normalized spacial score (nSPS) is 21.3. The molecule has 1 fully saturated rings. The standard InChI is InChI=1S/C19H29F3N4O/c1-13(2)25-9-5-6-14(11-25)10-23-17(27)12-26-16-8-4-3-7-15(16)18(24-26)19(20,21)22/h13-14H,3-12H2,1-2H3,(H,23,27). The number of nitrogens with one attached hydrogen (secondary N) is 1. The number of halogens is 3. The van der Waals surface area contributed by atoms with Crippen molar-refractivity contribution in [3.8, 4) is 0 Å². The zero-order valence-corrected chi connectivity index (χ0v) is 16.1. The Labute approximate surface area is 158 Å². The molecule has 1 aromatic heterocycles. The van der Waals surface area contributed by atoms with E-state index >= 15 is 0 Å². The number of amides is 1. The number of piperidine rings is 1. The van der Waals surface area contributed by atoms with Gasteiger partial charge in [0.05, 0.1) is 0 Å². The van der Waals surface area contributed by atoms with Gasteiger partial charge in [-0.2, -0.15) is 18.3 Å². The van der Waals surface area contributed by atoms with Crippen molar-refractivity contribution in [3.63, 3.8) is 0 Å². The number of aromatic nitrogens is 2. The first kappa shape index (κ1) is 20.2. The van der Waals surface area contributed by atoms with E-state index in [-0.39, 0.29) is 18.0 Å². The van der Waals surface area contributed by atoms with Crippen LogP contribution >= 0.6 is 0 Å². The molecule has 1 N–H and O–H groups in total. The lowest BCUT2D eigenvalue weighted by molar-refractivity contribution is -0.142. The van der Waals surface area contributed by atoms with E-state index in [0.717, 1.165) is 38.8 Å². The van der Waals surface area contributed by atoms with Gasteiger partial charge in [0.15, 0.2) is 5.69 Å². The van der Waals surface area contributed by atoms with Crippen LogP contribution in [0.15, 0.2) is 0 Å². The average Bonchev–Trinajstić information content (AvgIpc) is 2.99. The molecule has 2 heterocycles. The first-order valence-corrected chi connectivity index (χ1v) is 9.92. The van der Waals surface area contributed by atoms with E-state index in [1.807, 2.05) is 0 Å². The van der Waals surface area contributed by atoms with Gasteiger partial charge in [0, 0.05) is 30.4 Å². The van der Waals surface area contributed by atoms with E-state index in [1.54, 1.807) is 0 Å². The van der Waals surface area contributed by atoms with Gasteiger partial charge in [0.1, 0.15) is 6.54 Å². The van der Waals surface area contributed by atoms with E-state index in [0.29, 0.717) is 37.0 Å². The van der Waals surface area contributed by atoms with Crippen LogP contribution in [0, 0.1) is 5.92 Å². The number of hydrogen-bond acceptors (Lipinski definition) is 3. The van der Waals surface area contributed by atoms with Crippen LogP contribution in [0.2, 0.25) is 0 Å². The van der Waals surface area contributed by atoms with Gasteiger partial charge in [-0.05, 0) is 64.8 Å². The monoisotopic (exact) mass is 386 g/mol. The summed E-state index contributed by atoms with van der Waals surface area (Å²) in [6.45, 7) is 6.80. The second kappa shape index (κ2) is 8.20. The summed E-state index contributed by atoms with van der Waals surface area (Å²) in [5.74, 6) is 0.128. The molecule has 1 atom stereocenters. The van der Waals surface area contributed by atoms with E-state index in [1.165, 1.54) is 4.68 Å². The van der Waals surface area contributed by atoms with Crippen LogP contribution in [0.1, 0.15) is 56.5 Å². The van der Waals surface area contributed by atoms with Crippen LogP contribution in [0.5, 0.6) is 0 Å². The second-order valence-electron chi connectivity index (χ2n) is 8.04. The highest BCUT2D eigenvalue weighted by Gasteiger charge is 2.39. The molecule has 27 heavy (non-hydrogen) atoms. The lowest BCUT2D eigenvalue weighted by Gasteiger charge is -2.35. The van der Waals surface area contributed by atoms with Crippen molar-refractivity contribution in [2.75, 3.05) is 19.6 Å². The van der Waals surface area contributed by atoms with E-state index in [2.05, 4.69) is 29.2 Å². The number of carbonyl (C=O) groups excluding carboxylic acids is 1. The lowest BCUT2D eigenvalue weighted by atomic mass is 9.95. The second-order valence-corrected chi connectivity index (χ2v) is 8.04. The van der Waals surface area contributed by atoms with E-state index in [4.69, 9.17) is 0 Å². The van der Waals surface area contributed by atoms with Crippen LogP contribution in [0.25, 0.3) is 0 Å². The molecule has 152 valence electrons. The van der Waals surface area contributed by atoms with Gasteiger partial charge < -0.3 is 10.2 Å². The van der Waals surface area contributed by atoms with Crippen molar-refractivity contribution in [2.24, 2.45) is 5.92 Å². The molecule has 2 aliphatic rings. The van der Waals surface area contributed by atoms with Gasteiger partial charge in [0.2, 0.25) is 5.91 Å². The minimum absolute atomic E-state index is 0.140. The highest BCUT2D eigenvalue weighted by molar-refractivity contribution is 5.75. The summed E-state index contributed by atoms with van der Waals surface area (Å²) in [5.41, 5.74) is 0.0404. The van der Waals surface area contributed by atoms with Crippen molar-refractivity contribution in [2.45, 2.75) is 71.1 Å². The number of carbonyl (C=O) groups is 1. The van der Waals surface area contributed by atoms with Crippen molar-refractivity contribution >= 4 is 5.91 Å². The highest BCUT2D eigenvalue weighted by Crippen LogP contribution is 2.35. The summed E-state index contributed by atoms with van der Waals surface area (Å²) in [5, 5.41) is 6.66. The summed E-state index contributed by atoms with van der Waals surface area (Å²) in [6, 6.07) is 0.486. The molecule has 0 saturated carbocycles. The van der Waals surface area contributed by atoms with Gasteiger partial charge in [-0.25, -0.2) is 0 Å². The first-order valence-electron chi connectivity index (χ1n) is 9.92. The molecule has 1 unspecified atom stereocenters. The molecule has 1 aromatic rings. The van der Waals surface area contributed by atoms with Crippen LogP contribution in [0.4, 0.5) is 13.2 Å². The Hall–Kier alpha value is -1.57. The van der Waals surface area contributed by atoms with Crippen molar-refractivity contribution in [1.29, 1.82) is 0 Å². The predicted molar refractivity (Wildman–Crippen MR) is 96.3 cm³/mol. The molecule has 0 spiro atoms. The van der Waals surface area contributed by atoms with E-state index < -0.39 is 11.9 Å². The molecular weight excluding hydrogens is 357 g/mol. The maximum Gasteiger partial charge on any atom is 0.435 e. The molecule has 5 nitrogen and oxygen atoms in total. The molecule has 8 heteroatoms. The molecule has 1 aliphatic heterocycles. The van der Waals surface area contributed by atoms with Crippen LogP contribution in [-0.4, -0.2) is 46.3 Å². The van der Waals surface area contributed by atoms with Gasteiger partial charge in [-0.1, -0.05) is 0 Å². The van der Waals surface area contributed by atoms with Gasteiger partial charge in [0.25, 0.3) is 0 Å². The Morgan fingerprint density at radius 1 is 1.26 bits per heavy atom. The molecule has 1 amide bonds. The number of likely N-dealkylation sites (tertiary alicyclic amines) is 1. The smallest absolute Gasteiger partial charge is 0.354 e. The molecule has 0 aromatic carbocycles. The summed E-state index contributed by atoms with van der Waals surface area (Å²) in [4.78, 5) is 14.8. The first-order chi connectivity index (χ1) is 12.8. The zero-order valence-electron chi connectivity index (χ0n) is 16.1. The Balaban J connectivity index is 1.60. The Morgan fingerprint density at radius 3 is 2.70 bits per heavy atom. The van der Waals surface area contributed by atoms with Crippen molar-refractivity contribution < 1.29 is 18.0 Å². The van der Waals surface area contributed by atoms with Crippen molar-refractivity contribution in [1.82, 2.24) is 20.0 Å². The third-order valence-corrected chi connectivity index (χ3v) is 5.69. The third kappa shape index (κ3) is 4.83. The van der Waals surface area contributed by atoms with Gasteiger partial charge in [-0.15, -0.1) is 0 Å². The number of nitrogens with zero attached hydrogens (tertiary/aromatic N) is 3. The van der Waals surface area contributed by atoms with Crippen molar-refractivity contribution in [3.05, 3.63) is 17.0 Å². The molecule has 1 aliphatic carbocycles. The third-order valence-electron chi connectivity index (χ3n) is 5.69. The molecular formula is C19H29F3N4O. The Morgan fingerprint density at radius 2 is 2.00 bits per heavy atom. The van der Waals surface area contributed by atoms with Crippen LogP contribution in [-0.2, 0) is 30.4 Å². The SMILES string of the molecule is CC(C)N1CCCC(CNC(=O)Cn2nc(C(F)(F)F)c3c2CCCC3)C1. The fourth-order valence-electron chi connectivity index (χ4n) is 4.21. The number of fused-ring (bicyclic) bond motifs is 1. The maximum absolute atomic E-state index is 13.2.